The van der Waals surface area contributed by atoms with Gasteiger partial charge in [0.15, 0.2) is 0 Å². The van der Waals surface area contributed by atoms with Crippen LogP contribution in [-0.2, 0) is 6.61 Å². The highest BCUT2D eigenvalue weighted by Crippen LogP contribution is 2.30. The summed E-state index contributed by atoms with van der Waals surface area (Å²) in [5.41, 5.74) is 7.86. The van der Waals surface area contributed by atoms with Crippen LogP contribution in [0.15, 0.2) is 60.7 Å². The minimum absolute atomic E-state index is 0.512. The molecule has 3 aromatic rings. The Bertz CT molecular complexity index is 751. The summed E-state index contributed by atoms with van der Waals surface area (Å²) in [6, 6.07) is 19.6. The highest BCUT2D eigenvalue weighted by atomic mass is 16.5. The number of anilines is 1. The zero-order valence-electron chi connectivity index (χ0n) is 11.9. The topological polar surface area (TPSA) is 44.5 Å². The number of nitrogens with two attached hydrogens (primary N) is 1. The summed E-state index contributed by atoms with van der Waals surface area (Å²) >= 11 is 0. The first-order chi connectivity index (χ1) is 10.3. The van der Waals surface area contributed by atoms with E-state index in [0.717, 1.165) is 33.5 Å². The van der Waals surface area contributed by atoms with E-state index in [-0.39, 0.29) is 0 Å². The second kappa shape index (κ2) is 5.75. The predicted molar refractivity (Wildman–Crippen MR) is 85.7 cm³/mol. The number of ether oxygens (including phenoxy) is 2. The quantitative estimate of drug-likeness (QED) is 0.734. The number of rotatable bonds is 4. The van der Waals surface area contributed by atoms with E-state index in [4.69, 9.17) is 15.2 Å². The first-order valence-corrected chi connectivity index (χ1v) is 6.81. The second-order valence-corrected chi connectivity index (χ2v) is 4.84. The van der Waals surface area contributed by atoms with Crippen molar-refractivity contribution in [3.8, 4) is 11.5 Å². The van der Waals surface area contributed by atoms with E-state index >= 15 is 0 Å². The molecule has 0 saturated carbocycles. The third-order valence-corrected chi connectivity index (χ3v) is 3.47. The van der Waals surface area contributed by atoms with E-state index in [0.29, 0.717) is 6.61 Å². The van der Waals surface area contributed by atoms with Crippen molar-refractivity contribution in [2.45, 2.75) is 6.61 Å². The van der Waals surface area contributed by atoms with Gasteiger partial charge < -0.3 is 15.2 Å². The molecule has 0 saturated heterocycles. The lowest BCUT2D eigenvalue weighted by molar-refractivity contribution is 0.310. The Morgan fingerprint density at radius 1 is 0.857 bits per heavy atom. The molecule has 0 aliphatic rings. The monoisotopic (exact) mass is 279 g/mol. The van der Waals surface area contributed by atoms with Crippen LogP contribution >= 0.6 is 0 Å². The van der Waals surface area contributed by atoms with Gasteiger partial charge in [0, 0.05) is 16.5 Å². The van der Waals surface area contributed by atoms with Gasteiger partial charge in [-0.25, -0.2) is 0 Å². The van der Waals surface area contributed by atoms with Crippen molar-refractivity contribution in [3.05, 3.63) is 66.2 Å². The largest absolute Gasteiger partial charge is 0.497 e. The SMILES string of the molecule is COc1ccc(COc2ccc(N)c3ccccc23)cc1. The van der Waals surface area contributed by atoms with Crippen molar-refractivity contribution in [2.75, 3.05) is 12.8 Å². The van der Waals surface area contributed by atoms with Gasteiger partial charge >= 0.3 is 0 Å². The molecule has 0 aliphatic heterocycles. The number of benzene rings is 3. The Morgan fingerprint density at radius 3 is 2.29 bits per heavy atom. The van der Waals surface area contributed by atoms with Crippen LogP contribution in [0.5, 0.6) is 11.5 Å². The van der Waals surface area contributed by atoms with Gasteiger partial charge in [-0.2, -0.15) is 0 Å². The third-order valence-electron chi connectivity index (χ3n) is 3.47. The van der Waals surface area contributed by atoms with Gasteiger partial charge in [-0.05, 0) is 29.8 Å². The first-order valence-electron chi connectivity index (χ1n) is 6.81. The maximum atomic E-state index is 5.99. The zero-order chi connectivity index (χ0) is 14.7. The van der Waals surface area contributed by atoms with Crippen LogP contribution in [0.3, 0.4) is 0 Å². The molecule has 0 heterocycles. The molecule has 3 nitrogen and oxygen atoms in total. The summed E-state index contributed by atoms with van der Waals surface area (Å²) in [5.74, 6) is 1.69. The fourth-order valence-corrected chi connectivity index (χ4v) is 2.30. The number of hydrogen-bond donors (Lipinski definition) is 1. The lowest BCUT2D eigenvalue weighted by Crippen LogP contribution is -1.97. The van der Waals surface area contributed by atoms with Gasteiger partial charge in [0.2, 0.25) is 0 Å². The third kappa shape index (κ3) is 2.77. The Labute approximate surface area is 123 Å². The van der Waals surface area contributed by atoms with Crippen LogP contribution in [0, 0.1) is 0 Å². The minimum atomic E-state index is 0.512. The molecule has 3 heteroatoms. The standard InChI is InChI=1S/C18H17NO2/c1-20-14-8-6-13(7-9-14)12-21-18-11-10-17(19)15-4-2-3-5-16(15)18/h2-11H,12,19H2,1H3. The molecule has 0 atom stereocenters. The van der Waals surface area contributed by atoms with Crippen molar-refractivity contribution in [1.29, 1.82) is 0 Å². The fraction of sp³-hybridized carbons (Fsp3) is 0.111. The van der Waals surface area contributed by atoms with Crippen LogP contribution < -0.4 is 15.2 Å². The van der Waals surface area contributed by atoms with Crippen molar-refractivity contribution < 1.29 is 9.47 Å². The molecule has 0 radical (unpaired) electrons. The molecule has 0 unspecified atom stereocenters. The average molecular weight is 279 g/mol. The molecule has 0 fully saturated rings. The normalized spacial score (nSPS) is 10.5. The molecule has 3 rings (SSSR count). The number of nitrogen functional groups attached to an aromatic ring is 1. The van der Waals surface area contributed by atoms with Crippen LogP contribution in [-0.4, -0.2) is 7.11 Å². The Morgan fingerprint density at radius 2 is 1.57 bits per heavy atom. The van der Waals surface area contributed by atoms with E-state index in [2.05, 4.69) is 0 Å². The molecule has 2 N–H and O–H groups in total. The number of fused-ring (bicyclic) bond motifs is 1. The van der Waals surface area contributed by atoms with Crippen LogP contribution in [0.1, 0.15) is 5.56 Å². The Balaban J connectivity index is 1.83. The molecular weight excluding hydrogens is 262 g/mol. The summed E-state index contributed by atoms with van der Waals surface area (Å²) in [4.78, 5) is 0. The van der Waals surface area contributed by atoms with Gasteiger partial charge in [-0.15, -0.1) is 0 Å². The van der Waals surface area contributed by atoms with Crippen molar-refractivity contribution in [1.82, 2.24) is 0 Å². The minimum Gasteiger partial charge on any atom is -0.497 e. The Hall–Kier alpha value is -2.68. The molecule has 3 aromatic carbocycles. The van der Waals surface area contributed by atoms with E-state index in [1.54, 1.807) is 7.11 Å². The van der Waals surface area contributed by atoms with Gasteiger partial charge in [0.25, 0.3) is 0 Å². The lowest BCUT2D eigenvalue weighted by atomic mass is 10.1. The van der Waals surface area contributed by atoms with Crippen LogP contribution in [0.2, 0.25) is 0 Å². The molecule has 0 bridgehead atoms. The van der Waals surface area contributed by atoms with Crippen molar-refractivity contribution >= 4 is 16.5 Å². The van der Waals surface area contributed by atoms with E-state index in [9.17, 15) is 0 Å². The van der Waals surface area contributed by atoms with E-state index < -0.39 is 0 Å². The summed E-state index contributed by atoms with van der Waals surface area (Å²) in [6.07, 6.45) is 0. The molecule has 0 amide bonds. The second-order valence-electron chi connectivity index (χ2n) is 4.84. The van der Waals surface area contributed by atoms with Crippen molar-refractivity contribution in [2.24, 2.45) is 0 Å². The molecule has 0 spiro atoms. The maximum absolute atomic E-state index is 5.99. The maximum Gasteiger partial charge on any atom is 0.127 e. The van der Waals surface area contributed by atoms with E-state index in [1.807, 2.05) is 60.7 Å². The highest BCUT2D eigenvalue weighted by Gasteiger charge is 2.05. The first kappa shape index (κ1) is 13.3. The van der Waals surface area contributed by atoms with Crippen LogP contribution in [0.25, 0.3) is 10.8 Å². The molecule has 106 valence electrons. The average Bonchev–Trinajstić information content (AvgIpc) is 2.55. The zero-order valence-corrected chi connectivity index (χ0v) is 11.9. The molecule has 0 aliphatic carbocycles. The predicted octanol–water partition coefficient (Wildman–Crippen LogP) is 4.01. The van der Waals surface area contributed by atoms with Crippen molar-refractivity contribution in [3.63, 3.8) is 0 Å². The van der Waals surface area contributed by atoms with Crippen LogP contribution in [0.4, 0.5) is 5.69 Å². The van der Waals surface area contributed by atoms with Gasteiger partial charge in [0.1, 0.15) is 18.1 Å². The summed E-state index contributed by atoms with van der Waals surface area (Å²) in [7, 11) is 1.66. The summed E-state index contributed by atoms with van der Waals surface area (Å²) in [5, 5.41) is 2.05. The van der Waals surface area contributed by atoms with Gasteiger partial charge in [0.05, 0.1) is 7.11 Å². The van der Waals surface area contributed by atoms with E-state index in [1.165, 1.54) is 0 Å². The fourth-order valence-electron chi connectivity index (χ4n) is 2.30. The Kier molecular flexibility index (Phi) is 3.65. The molecule has 21 heavy (non-hydrogen) atoms. The highest BCUT2D eigenvalue weighted by molar-refractivity contribution is 5.96. The smallest absolute Gasteiger partial charge is 0.127 e. The lowest BCUT2D eigenvalue weighted by Gasteiger charge is -2.11. The number of methoxy groups -OCH3 is 1. The van der Waals surface area contributed by atoms with Gasteiger partial charge in [-0.3, -0.25) is 0 Å². The molecule has 0 aromatic heterocycles. The summed E-state index contributed by atoms with van der Waals surface area (Å²) in [6.45, 7) is 0.512. The van der Waals surface area contributed by atoms with Gasteiger partial charge in [-0.1, -0.05) is 36.4 Å². The summed E-state index contributed by atoms with van der Waals surface area (Å²) < 4.78 is 11.1. The molecular formula is C18H17NO2. The number of hydrogen-bond acceptors (Lipinski definition) is 3.